The molecule has 0 aliphatic carbocycles. The summed E-state index contributed by atoms with van der Waals surface area (Å²) in [6.07, 6.45) is 0. The highest BCUT2D eigenvalue weighted by Gasteiger charge is 2.15. The Balaban J connectivity index is 1.98. The van der Waals surface area contributed by atoms with Crippen LogP contribution in [0.15, 0.2) is 42.5 Å². The molecule has 27 heavy (non-hydrogen) atoms. The molecular weight excluding hydrogens is 355 g/mol. The number of nitrogens with one attached hydrogen (secondary N) is 3. The van der Waals surface area contributed by atoms with Crippen LogP contribution in [0.5, 0.6) is 0 Å². The second-order valence-corrected chi connectivity index (χ2v) is 6.06. The Bertz CT molecular complexity index is 853. The summed E-state index contributed by atoms with van der Waals surface area (Å²) < 4.78 is 13.3. The number of rotatable bonds is 6. The number of nitro groups is 1. The predicted molar refractivity (Wildman–Crippen MR) is 98.0 cm³/mol. The molecular formula is C18H19FN4O4. The fraction of sp³-hybridized carbons (Fsp3) is 0.222. The molecule has 3 N–H and O–H groups in total. The van der Waals surface area contributed by atoms with Gasteiger partial charge in [-0.1, -0.05) is 12.1 Å². The number of halogens is 1. The van der Waals surface area contributed by atoms with Crippen molar-refractivity contribution in [3.63, 3.8) is 0 Å². The van der Waals surface area contributed by atoms with Gasteiger partial charge in [-0.3, -0.25) is 14.9 Å². The number of nitrogens with zero attached hydrogens (tertiary/aromatic N) is 1. The number of carbonyl (C=O) groups is 2. The molecule has 2 aromatic carbocycles. The van der Waals surface area contributed by atoms with Crippen molar-refractivity contribution in [2.45, 2.75) is 26.4 Å². The van der Waals surface area contributed by atoms with Gasteiger partial charge in [-0.2, -0.15) is 4.39 Å². The van der Waals surface area contributed by atoms with Gasteiger partial charge >= 0.3 is 11.7 Å². The van der Waals surface area contributed by atoms with E-state index in [0.29, 0.717) is 12.1 Å². The van der Waals surface area contributed by atoms with E-state index in [1.807, 2.05) is 13.8 Å². The van der Waals surface area contributed by atoms with E-state index >= 15 is 0 Å². The monoisotopic (exact) mass is 374 g/mol. The normalized spacial score (nSPS) is 10.4. The van der Waals surface area contributed by atoms with Crippen LogP contribution in [0.1, 0.15) is 29.8 Å². The highest BCUT2D eigenvalue weighted by molar-refractivity contribution is 6.04. The van der Waals surface area contributed by atoms with Gasteiger partial charge in [0.1, 0.15) is 0 Å². The summed E-state index contributed by atoms with van der Waals surface area (Å²) in [6, 6.07) is 9.34. The van der Waals surface area contributed by atoms with Crippen molar-refractivity contribution in [1.82, 2.24) is 10.6 Å². The molecule has 0 atom stereocenters. The standard InChI is InChI=1S/C18H19FN4O4/c1-11(2)21-18(25)20-10-12-3-5-13(6-4-12)17(24)22-14-7-8-15(19)16(9-14)23(26)27/h3-9,11H,10H2,1-2H3,(H,22,24)(H2,20,21,25). The minimum Gasteiger partial charge on any atom is -0.336 e. The predicted octanol–water partition coefficient (Wildman–Crippen LogP) is 3.19. The zero-order valence-corrected chi connectivity index (χ0v) is 14.8. The smallest absolute Gasteiger partial charge is 0.315 e. The van der Waals surface area contributed by atoms with Gasteiger partial charge in [-0.15, -0.1) is 0 Å². The molecule has 0 radical (unpaired) electrons. The first-order valence-corrected chi connectivity index (χ1v) is 8.15. The maximum Gasteiger partial charge on any atom is 0.315 e. The van der Waals surface area contributed by atoms with E-state index in [2.05, 4.69) is 16.0 Å². The van der Waals surface area contributed by atoms with E-state index in [1.54, 1.807) is 24.3 Å². The van der Waals surface area contributed by atoms with Crippen LogP contribution in [-0.4, -0.2) is 22.9 Å². The molecule has 0 aliphatic heterocycles. The summed E-state index contributed by atoms with van der Waals surface area (Å²) in [5.74, 6) is -1.47. The van der Waals surface area contributed by atoms with Crippen molar-refractivity contribution < 1.29 is 18.9 Å². The lowest BCUT2D eigenvalue weighted by Gasteiger charge is -2.10. The SMILES string of the molecule is CC(C)NC(=O)NCc1ccc(C(=O)Nc2ccc(F)c([N+](=O)[O-])c2)cc1. The largest absolute Gasteiger partial charge is 0.336 e. The van der Waals surface area contributed by atoms with Gasteiger partial charge in [0, 0.05) is 29.9 Å². The fourth-order valence-electron chi connectivity index (χ4n) is 2.20. The van der Waals surface area contributed by atoms with Crippen molar-refractivity contribution in [2.24, 2.45) is 0 Å². The molecule has 0 aromatic heterocycles. The third kappa shape index (κ3) is 5.77. The second-order valence-electron chi connectivity index (χ2n) is 6.06. The second kappa shape index (κ2) is 8.75. The van der Waals surface area contributed by atoms with Crippen molar-refractivity contribution in [3.8, 4) is 0 Å². The molecule has 2 rings (SSSR count). The summed E-state index contributed by atoms with van der Waals surface area (Å²) >= 11 is 0. The topological polar surface area (TPSA) is 113 Å². The number of carbonyl (C=O) groups excluding carboxylic acids is 2. The molecule has 0 heterocycles. The zero-order chi connectivity index (χ0) is 20.0. The van der Waals surface area contributed by atoms with E-state index in [1.165, 1.54) is 6.07 Å². The lowest BCUT2D eigenvalue weighted by molar-refractivity contribution is -0.387. The maximum absolute atomic E-state index is 13.3. The molecule has 9 heteroatoms. The average molecular weight is 374 g/mol. The number of amides is 3. The van der Waals surface area contributed by atoms with Crippen LogP contribution in [0, 0.1) is 15.9 Å². The minimum absolute atomic E-state index is 0.0263. The molecule has 2 aromatic rings. The van der Waals surface area contributed by atoms with Gasteiger partial charge in [0.25, 0.3) is 5.91 Å². The van der Waals surface area contributed by atoms with Gasteiger partial charge < -0.3 is 16.0 Å². The molecule has 0 saturated heterocycles. The van der Waals surface area contributed by atoms with E-state index in [9.17, 15) is 24.1 Å². The van der Waals surface area contributed by atoms with Crippen LogP contribution < -0.4 is 16.0 Å². The van der Waals surface area contributed by atoms with Crippen LogP contribution >= 0.6 is 0 Å². The third-order valence-corrected chi connectivity index (χ3v) is 3.49. The van der Waals surface area contributed by atoms with Crippen LogP contribution in [0.4, 0.5) is 20.6 Å². The molecule has 0 aliphatic rings. The maximum atomic E-state index is 13.3. The van der Waals surface area contributed by atoms with Crippen LogP contribution in [0.2, 0.25) is 0 Å². The first kappa shape index (κ1) is 19.8. The number of anilines is 1. The number of nitro benzene ring substituents is 1. The Morgan fingerprint density at radius 3 is 2.41 bits per heavy atom. The Labute approximate surface area is 154 Å². The number of benzene rings is 2. The number of hydrogen-bond donors (Lipinski definition) is 3. The highest BCUT2D eigenvalue weighted by atomic mass is 19.1. The Morgan fingerprint density at radius 1 is 1.15 bits per heavy atom. The van der Waals surface area contributed by atoms with Crippen LogP contribution in [0.3, 0.4) is 0 Å². The Kier molecular flexibility index (Phi) is 6.42. The van der Waals surface area contributed by atoms with Crippen molar-refractivity contribution in [2.75, 3.05) is 5.32 Å². The summed E-state index contributed by atoms with van der Waals surface area (Å²) in [7, 11) is 0. The van der Waals surface area contributed by atoms with Gasteiger partial charge in [0.2, 0.25) is 5.82 Å². The molecule has 0 saturated carbocycles. The Hall–Kier alpha value is -3.49. The fourth-order valence-corrected chi connectivity index (χ4v) is 2.20. The van der Waals surface area contributed by atoms with E-state index in [0.717, 1.165) is 17.7 Å². The molecule has 3 amide bonds. The first-order valence-electron chi connectivity index (χ1n) is 8.15. The van der Waals surface area contributed by atoms with Gasteiger partial charge in [0.15, 0.2) is 0 Å². The minimum atomic E-state index is -0.976. The van der Waals surface area contributed by atoms with E-state index in [-0.39, 0.29) is 17.8 Å². The van der Waals surface area contributed by atoms with Gasteiger partial charge in [-0.05, 0) is 43.7 Å². The lowest BCUT2D eigenvalue weighted by Crippen LogP contribution is -2.39. The van der Waals surface area contributed by atoms with Crippen molar-refractivity contribution in [1.29, 1.82) is 0 Å². The van der Waals surface area contributed by atoms with Gasteiger partial charge in [0.05, 0.1) is 4.92 Å². The summed E-state index contributed by atoms with van der Waals surface area (Å²) in [5, 5.41) is 18.6. The lowest BCUT2D eigenvalue weighted by atomic mass is 10.1. The zero-order valence-electron chi connectivity index (χ0n) is 14.8. The average Bonchev–Trinajstić information content (AvgIpc) is 2.61. The van der Waals surface area contributed by atoms with E-state index < -0.39 is 22.3 Å². The van der Waals surface area contributed by atoms with Crippen molar-refractivity contribution in [3.05, 3.63) is 69.5 Å². The summed E-state index contributed by atoms with van der Waals surface area (Å²) in [4.78, 5) is 33.7. The molecule has 8 nitrogen and oxygen atoms in total. The summed E-state index contributed by atoms with van der Waals surface area (Å²) in [5.41, 5.74) is 0.512. The molecule has 0 fully saturated rings. The quantitative estimate of drug-likeness (QED) is 0.532. The summed E-state index contributed by atoms with van der Waals surface area (Å²) in [6.45, 7) is 4.00. The van der Waals surface area contributed by atoms with Crippen molar-refractivity contribution >= 4 is 23.3 Å². The number of hydrogen-bond acceptors (Lipinski definition) is 4. The van der Waals surface area contributed by atoms with E-state index in [4.69, 9.17) is 0 Å². The third-order valence-electron chi connectivity index (χ3n) is 3.49. The van der Waals surface area contributed by atoms with Crippen LogP contribution in [0.25, 0.3) is 0 Å². The molecule has 0 unspecified atom stereocenters. The number of urea groups is 1. The molecule has 0 spiro atoms. The highest BCUT2D eigenvalue weighted by Crippen LogP contribution is 2.22. The molecule has 0 bridgehead atoms. The van der Waals surface area contributed by atoms with Crippen LogP contribution in [-0.2, 0) is 6.54 Å². The van der Waals surface area contributed by atoms with Gasteiger partial charge in [-0.25, -0.2) is 4.79 Å². The Morgan fingerprint density at radius 2 is 1.81 bits per heavy atom. The molecule has 142 valence electrons. The first-order chi connectivity index (χ1) is 12.8.